The highest BCUT2D eigenvalue weighted by atomic mass is 28.3. The van der Waals surface area contributed by atoms with Crippen LogP contribution in [0.4, 0.5) is 0 Å². The summed E-state index contributed by atoms with van der Waals surface area (Å²) in [6.45, 7) is 13.2. The molecule has 2 heterocycles. The first-order valence-electron chi connectivity index (χ1n) is 8.55. The molecule has 0 bridgehead atoms. The lowest BCUT2D eigenvalue weighted by atomic mass is 9.92. The molecule has 0 aromatic heterocycles. The summed E-state index contributed by atoms with van der Waals surface area (Å²) in [6, 6.07) is 4.42. The van der Waals surface area contributed by atoms with E-state index in [1.165, 1.54) is 70.2 Å². The molecule has 0 amide bonds. The third-order valence-corrected chi connectivity index (χ3v) is 13.3. The van der Waals surface area contributed by atoms with E-state index in [9.17, 15) is 0 Å². The van der Waals surface area contributed by atoms with Crippen molar-refractivity contribution in [3.63, 3.8) is 0 Å². The van der Waals surface area contributed by atoms with E-state index in [-0.39, 0.29) is 0 Å². The maximum Gasteiger partial charge on any atom is 0.0633 e. The summed E-state index contributed by atoms with van der Waals surface area (Å²) in [6.07, 6.45) is 11.1. The molecule has 0 spiro atoms. The third-order valence-electron chi connectivity index (χ3n) is 6.43. The number of rotatable bonds is 7. The zero-order valence-corrected chi connectivity index (χ0v) is 14.2. The Kier molecular flexibility index (Phi) is 5.30. The number of hydrogen-bond acceptors (Lipinski definition) is 1. The van der Waals surface area contributed by atoms with Crippen molar-refractivity contribution in [2.75, 3.05) is 19.6 Å². The number of likely N-dealkylation sites (tertiary alicyclic amines) is 1. The van der Waals surface area contributed by atoms with Crippen molar-refractivity contribution in [3.8, 4) is 0 Å². The predicted molar refractivity (Wildman–Crippen MR) is 88.6 cm³/mol. The molecule has 2 aliphatic heterocycles. The molecule has 2 aliphatic rings. The Labute approximate surface area is 121 Å². The minimum Gasteiger partial charge on any atom is -0.303 e. The fraction of sp³-hybridized carbons (Fsp3) is 0.882. The van der Waals surface area contributed by atoms with Gasteiger partial charge in [-0.1, -0.05) is 51.3 Å². The molecule has 0 radical (unpaired) electrons. The average molecular weight is 280 g/mol. The molecule has 2 unspecified atom stereocenters. The van der Waals surface area contributed by atoms with Crippen LogP contribution in [0.15, 0.2) is 12.7 Å². The summed E-state index contributed by atoms with van der Waals surface area (Å²) < 4.78 is 0. The maximum atomic E-state index is 4.09. The topological polar surface area (TPSA) is 3.24 Å². The summed E-state index contributed by atoms with van der Waals surface area (Å²) in [5.74, 6) is 0. The molecule has 0 saturated carbocycles. The van der Waals surface area contributed by atoms with Gasteiger partial charge in [0.1, 0.15) is 0 Å². The van der Waals surface area contributed by atoms with E-state index in [0.29, 0.717) is 0 Å². The van der Waals surface area contributed by atoms with E-state index in [1.54, 1.807) is 6.04 Å². The fourth-order valence-electron chi connectivity index (χ4n) is 4.84. The molecule has 2 fully saturated rings. The van der Waals surface area contributed by atoms with Gasteiger partial charge in [0.15, 0.2) is 0 Å². The molecule has 19 heavy (non-hydrogen) atoms. The number of allylic oxidation sites excluding steroid dienone is 1. The molecule has 2 rings (SSSR count). The average Bonchev–Trinajstić information content (AvgIpc) is 2.39. The van der Waals surface area contributed by atoms with Gasteiger partial charge in [0.05, 0.1) is 8.07 Å². The van der Waals surface area contributed by atoms with Crippen molar-refractivity contribution < 1.29 is 0 Å². The van der Waals surface area contributed by atoms with Gasteiger partial charge in [-0.15, -0.1) is 6.58 Å². The molecule has 0 N–H and O–H groups in total. The van der Waals surface area contributed by atoms with E-state index in [4.69, 9.17) is 0 Å². The Balaban J connectivity index is 2.12. The number of nitrogens with zero attached hydrogens (tertiary/aromatic N) is 1. The van der Waals surface area contributed by atoms with Gasteiger partial charge in [0.2, 0.25) is 0 Å². The summed E-state index contributed by atoms with van der Waals surface area (Å²) in [5, 5.41) is 0.726. The minimum atomic E-state index is -1.14. The third kappa shape index (κ3) is 2.85. The highest BCUT2D eigenvalue weighted by Crippen LogP contribution is 2.58. The van der Waals surface area contributed by atoms with Crippen molar-refractivity contribution >= 4 is 8.07 Å². The van der Waals surface area contributed by atoms with Gasteiger partial charge in [-0.2, -0.15) is 0 Å². The zero-order valence-electron chi connectivity index (χ0n) is 13.2. The van der Waals surface area contributed by atoms with E-state index >= 15 is 0 Å². The van der Waals surface area contributed by atoms with Crippen LogP contribution in [0.5, 0.6) is 0 Å². The summed E-state index contributed by atoms with van der Waals surface area (Å²) in [7, 11) is -1.14. The highest BCUT2D eigenvalue weighted by Gasteiger charge is 2.50. The van der Waals surface area contributed by atoms with Crippen molar-refractivity contribution in [3.05, 3.63) is 12.7 Å². The van der Waals surface area contributed by atoms with Gasteiger partial charge in [-0.3, -0.25) is 0 Å². The normalized spacial score (nSPS) is 35.9. The van der Waals surface area contributed by atoms with Crippen LogP contribution in [-0.4, -0.2) is 32.6 Å². The fourth-order valence-corrected chi connectivity index (χ4v) is 11.0. The first kappa shape index (κ1) is 15.3. The maximum absolute atomic E-state index is 4.09. The van der Waals surface area contributed by atoms with Gasteiger partial charge < -0.3 is 4.90 Å². The minimum absolute atomic E-state index is 0.726. The molecule has 110 valence electrons. The summed E-state index contributed by atoms with van der Waals surface area (Å²) in [5.41, 5.74) is 0. The lowest BCUT2D eigenvalue weighted by molar-refractivity contribution is 0.165. The molecular formula is C17H33NSi. The van der Waals surface area contributed by atoms with E-state index in [0.717, 1.165) is 5.04 Å². The summed E-state index contributed by atoms with van der Waals surface area (Å²) >= 11 is 0. The van der Waals surface area contributed by atoms with Crippen LogP contribution in [0, 0.1) is 0 Å². The summed E-state index contributed by atoms with van der Waals surface area (Å²) in [4.78, 5) is 2.68. The van der Waals surface area contributed by atoms with Crippen LogP contribution in [0.2, 0.25) is 23.2 Å². The van der Waals surface area contributed by atoms with Gasteiger partial charge in [0, 0.05) is 0 Å². The molecule has 2 heteroatoms. The second kappa shape index (κ2) is 6.58. The SMILES string of the molecule is C=CC[Si]1(CC)CCCCC1(CC)CCN1CCC1. The van der Waals surface area contributed by atoms with Crippen molar-refractivity contribution in [2.24, 2.45) is 0 Å². The second-order valence-electron chi connectivity index (χ2n) is 6.91. The Morgan fingerprint density at radius 1 is 1.21 bits per heavy atom. The first-order chi connectivity index (χ1) is 9.22. The van der Waals surface area contributed by atoms with Crippen LogP contribution >= 0.6 is 0 Å². The van der Waals surface area contributed by atoms with Gasteiger partial charge >= 0.3 is 0 Å². The smallest absolute Gasteiger partial charge is 0.0633 e. The van der Waals surface area contributed by atoms with Gasteiger partial charge in [-0.25, -0.2) is 0 Å². The Morgan fingerprint density at radius 2 is 2.00 bits per heavy atom. The van der Waals surface area contributed by atoms with Crippen LogP contribution in [0.25, 0.3) is 0 Å². The van der Waals surface area contributed by atoms with E-state index < -0.39 is 8.07 Å². The van der Waals surface area contributed by atoms with E-state index in [2.05, 4.69) is 31.4 Å². The Bertz CT molecular complexity index is 300. The Hall–Kier alpha value is -0.0831. The van der Waals surface area contributed by atoms with Crippen LogP contribution in [0.3, 0.4) is 0 Å². The molecule has 1 nitrogen and oxygen atoms in total. The molecule has 0 aliphatic carbocycles. The van der Waals surface area contributed by atoms with Crippen molar-refractivity contribution in [2.45, 2.75) is 75.5 Å². The number of hydrogen-bond donors (Lipinski definition) is 0. The predicted octanol–water partition coefficient (Wildman–Crippen LogP) is 5.07. The monoisotopic (exact) mass is 279 g/mol. The Morgan fingerprint density at radius 3 is 2.53 bits per heavy atom. The van der Waals surface area contributed by atoms with Gasteiger partial charge in [-0.05, 0) is 50.0 Å². The van der Waals surface area contributed by atoms with Crippen LogP contribution < -0.4 is 0 Å². The van der Waals surface area contributed by atoms with Crippen molar-refractivity contribution in [1.82, 2.24) is 4.90 Å². The van der Waals surface area contributed by atoms with Gasteiger partial charge in [0.25, 0.3) is 0 Å². The zero-order chi connectivity index (χ0) is 13.8. The second-order valence-corrected chi connectivity index (χ2v) is 12.1. The van der Waals surface area contributed by atoms with Crippen LogP contribution in [0.1, 0.15) is 52.4 Å². The first-order valence-corrected chi connectivity index (χ1v) is 11.2. The molecule has 0 aromatic carbocycles. The molecule has 2 atom stereocenters. The quantitative estimate of drug-likeness (QED) is 0.464. The van der Waals surface area contributed by atoms with E-state index in [1.807, 2.05) is 0 Å². The molecule has 0 aromatic rings. The van der Waals surface area contributed by atoms with Crippen LogP contribution in [-0.2, 0) is 0 Å². The molecule has 2 saturated heterocycles. The van der Waals surface area contributed by atoms with Crippen molar-refractivity contribution in [1.29, 1.82) is 0 Å². The standard InChI is InChI=1S/C17H33NSi/c1-4-15-19(6-3)16-8-7-10-17(19,5-2)11-14-18-12-9-13-18/h4H,1,5-16H2,2-3H3. The highest BCUT2D eigenvalue weighted by molar-refractivity contribution is 6.83. The lowest BCUT2D eigenvalue weighted by Gasteiger charge is -2.53. The largest absolute Gasteiger partial charge is 0.303 e. The molecular weight excluding hydrogens is 246 g/mol. The lowest BCUT2D eigenvalue weighted by Crippen LogP contribution is -2.51.